The van der Waals surface area contributed by atoms with Crippen LogP contribution in [0.4, 0.5) is 4.39 Å². The fraction of sp³-hybridized carbons (Fsp3) is 0.556. The van der Waals surface area contributed by atoms with E-state index >= 15 is 0 Å². The van der Waals surface area contributed by atoms with Crippen LogP contribution in [0.1, 0.15) is 49.9 Å². The second kappa shape index (κ2) is 8.60. The molecule has 4 nitrogen and oxygen atoms in total. The minimum absolute atomic E-state index is 0.00794. The first-order valence-electron chi connectivity index (χ1n) is 8.47. The molecule has 2 rings (SSSR count). The predicted octanol–water partition coefficient (Wildman–Crippen LogP) is 3.75. The lowest BCUT2D eigenvalue weighted by Gasteiger charge is -2.37. The van der Waals surface area contributed by atoms with E-state index in [0.29, 0.717) is 23.1 Å². The average Bonchev–Trinajstić information content (AvgIpc) is 2.54. The summed E-state index contributed by atoms with van der Waals surface area (Å²) >= 11 is 3.22. The van der Waals surface area contributed by atoms with Gasteiger partial charge in [0.1, 0.15) is 5.82 Å². The summed E-state index contributed by atoms with van der Waals surface area (Å²) < 4.78 is 14.1. The number of piperidine rings is 1. The first kappa shape index (κ1) is 18.9. The maximum absolute atomic E-state index is 13.6. The third-order valence-corrected chi connectivity index (χ3v) is 4.91. The Bertz CT molecular complexity index is 588. The van der Waals surface area contributed by atoms with E-state index in [1.807, 2.05) is 6.92 Å². The van der Waals surface area contributed by atoms with Gasteiger partial charge in [-0.2, -0.15) is 0 Å². The van der Waals surface area contributed by atoms with Crippen LogP contribution in [0, 0.1) is 11.7 Å². The van der Waals surface area contributed by atoms with Crippen LogP contribution in [0.2, 0.25) is 0 Å². The summed E-state index contributed by atoms with van der Waals surface area (Å²) in [5.41, 5.74) is 0.306. The lowest BCUT2D eigenvalue weighted by atomic mass is 9.92. The van der Waals surface area contributed by atoms with Crippen molar-refractivity contribution in [2.24, 2.45) is 5.92 Å². The number of nitrogens with zero attached hydrogens (tertiary/aromatic N) is 1. The number of halogens is 2. The van der Waals surface area contributed by atoms with Gasteiger partial charge in [-0.15, -0.1) is 0 Å². The highest BCUT2D eigenvalue weighted by atomic mass is 79.9. The number of carbonyl (C=O) groups is 2. The highest BCUT2D eigenvalue weighted by Gasteiger charge is 2.33. The van der Waals surface area contributed by atoms with E-state index in [9.17, 15) is 14.0 Å². The largest absolute Gasteiger partial charge is 0.356 e. The van der Waals surface area contributed by atoms with E-state index < -0.39 is 5.82 Å². The molecule has 2 unspecified atom stereocenters. The molecule has 0 spiro atoms. The molecular formula is C18H24BrFN2O2. The molecule has 1 fully saturated rings. The maximum atomic E-state index is 13.6. The molecule has 1 heterocycles. The van der Waals surface area contributed by atoms with Gasteiger partial charge in [-0.25, -0.2) is 4.39 Å². The molecule has 24 heavy (non-hydrogen) atoms. The molecule has 0 aliphatic carbocycles. The first-order valence-corrected chi connectivity index (χ1v) is 9.26. The van der Waals surface area contributed by atoms with Gasteiger partial charge in [-0.05, 0) is 44.4 Å². The number of likely N-dealkylation sites (tertiary alicyclic amines) is 1. The van der Waals surface area contributed by atoms with Crippen LogP contribution in [0.5, 0.6) is 0 Å². The number of nitrogens with one attached hydrogen (secondary N) is 1. The number of amides is 2. The van der Waals surface area contributed by atoms with Crippen molar-refractivity contribution >= 4 is 27.7 Å². The van der Waals surface area contributed by atoms with E-state index in [0.717, 1.165) is 25.7 Å². The fourth-order valence-electron chi connectivity index (χ4n) is 2.98. The molecule has 0 aromatic heterocycles. The summed E-state index contributed by atoms with van der Waals surface area (Å²) in [6, 6.07) is 4.22. The van der Waals surface area contributed by atoms with Crippen LogP contribution in [-0.4, -0.2) is 35.8 Å². The second-order valence-electron chi connectivity index (χ2n) is 6.38. The van der Waals surface area contributed by atoms with Gasteiger partial charge in [0.15, 0.2) is 0 Å². The van der Waals surface area contributed by atoms with Crippen LogP contribution < -0.4 is 5.32 Å². The Morgan fingerprint density at radius 3 is 2.75 bits per heavy atom. The van der Waals surface area contributed by atoms with Gasteiger partial charge in [0.05, 0.1) is 5.92 Å². The summed E-state index contributed by atoms with van der Waals surface area (Å²) in [5, 5.41) is 2.94. The zero-order chi connectivity index (χ0) is 17.7. The van der Waals surface area contributed by atoms with Gasteiger partial charge in [0.25, 0.3) is 5.91 Å². The summed E-state index contributed by atoms with van der Waals surface area (Å²) in [6.07, 6.45) is 3.53. The van der Waals surface area contributed by atoms with E-state index in [1.165, 1.54) is 12.1 Å². The van der Waals surface area contributed by atoms with Crippen LogP contribution in [-0.2, 0) is 4.79 Å². The third-order valence-electron chi connectivity index (χ3n) is 4.45. The molecule has 1 saturated heterocycles. The zero-order valence-electron chi connectivity index (χ0n) is 14.1. The van der Waals surface area contributed by atoms with Gasteiger partial charge >= 0.3 is 0 Å². The number of hydrogen-bond donors (Lipinski definition) is 1. The van der Waals surface area contributed by atoms with E-state index in [2.05, 4.69) is 28.2 Å². The van der Waals surface area contributed by atoms with Crippen LogP contribution in [0.3, 0.4) is 0 Å². The Kier molecular flexibility index (Phi) is 6.78. The molecule has 1 N–H and O–H groups in total. The lowest BCUT2D eigenvalue weighted by Crippen LogP contribution is -2.49. The highest BCUT2D eigenvalue weighted by Crippen LogP contribution is 2.25. The van der Waals surface area contributed by atoms with E-state index in [4.69, 9.17) is 0 Å². The molecule has 2 atom stereocenters. The zero-order valence-corrected chi connectivity index (χ0v) is 15.7. The SMILES string of the molecule is CCCCNC(=O)C1CCC(C)N(C(=O)c2cc(F)cc(Br)c2)C1. The Morgan fingerprint density at radius 2 is 2.08 bits per heavy atom. The molecule has 6 heteroatoms. The molecule has 0 saturated carbocycles. The minimum atomic E-state index is -0.453. The molecular weight excluding hydrogens is 375 g/mol. The van der Waals surface area contributed by atoms with Crippen molar-refractivity contribution in [3.05, 3.63) is 34.1 Å². The Hall–Kier alpha value is -1.43. The topological polar surface area (TPSA) is 49.4 Å². The second-order valence-corrected chi connectivity index (χ2v) is 7.30. The van der Waals surface area contributed by atoms with Crippen molar-refractivity contribution in [1.29, 1.82) is 0 Å². The number of unbranched alkanes of at least 4 members (excludes halogenated alkanes) is 1. The van der Waals surface area contributed by atoms with Crippen LogP contribution >= 0.6 is 15.9 Å². The molecule has 132 valence electrons. The summed E-state index contributed by atoms with van der Waals surface area (Å²) in [7, 11) is 0. The van der Waals surface area contributed by atoms with Crippen LogP contribution in [0.25, 0.3) is 0 Å². The number of hydrogen-bond acceptors (Lipinski definition) is 2. The van der Waals surface area contributed by atoms with Crippen molar-refractivity contribution in [2.45, 2.75) is 45.6 Å². The third kappa shape index (κ3) is 4.79. The van der Waals surface area contributed by atoms with Crippen molar-refractivity contribution in [1.82, 2.24) is 10.2 Å². The normalized spacial score (nSPS) is 20.8. The van der Waals surface area contributed by atoms with Gasteiger partial charge in [0, 0.05) is 29.2 Å². The Labute approximate surface area is 150 Å². The number of carbonyl (C=O) groups excluding carboxylic acids is 2. The Balaban J connectivity index is 2.07. The summed E-state index contributed by atoms with van der Waals surface area (Å²) in [4.78, 5) is 26.7. The Morgan fingerprint density at radius 1 is 1.33 bits per heavy atom. The average molecular weight is 399 g/mol. The monoisotopic (exact) mass is 398 g/mol. The van der Waals surface area contributed by atoms with Gasteiger partial charge in [-0.3, -0.25) is 9.59 Å². The van der Waals surface area contributed by atoms with Crippen molar-refractivity contribution in [2.75, 3.05) is 13.1 Å². The quantitative estimate of drug-likeness (QED) is 0.767. The molecule has 1 aliphatic rings. The summed E-state index contributed by atoms with van der Waals surface area (Å²) in [6.45, 7) is 5.10. The van der Waals surface area contributed by atoms with Gasteiger partial charge in [0.2, 0.25) is 5.91 Å². The molecule has 1 aliphatic heterocycles. The van der Waals surface area contributed by atoms with Gasteiger partial charge < -0.3 is 10.2 Å². The first-order chi connectivity index (χ1) is 11.4. The van der Waals surface area contributed by atoms with Crippen molar-refractivity contribution < 1.29 is 14.0 Å². The molecule has 1 aromatic rings. The molecule has 0 radical (unpaired) electrons. The molecule has 0 bridgehead atoms. The lowest BCUT2D eigenvalue weighted by molar-refractivity contribution is -0.126. The number of rotatable bonds is 5. The molecule has 1 aromatic carbocycles. The standard InChI is InChI=1S/C18H24BrFN2O2/c1-3-4-7-21-17(23)13-6-5-12(2)22(11-13)18(24)14-8-15(19)10-16(20)9-14/h8-10,12-13H,3-7,11H2,1-2H3,(H,21,23). The van der Waals surface area contributed by atoms with Crippen molar-refractivity contribution in [3.63, 3.8) is 0 Å². The number of benzene rings is 1. The highest BCUT2D eigenvalue weighted by molar-refractivity contribution is 9.10. The molecule has 2 amide bonds. The van der Waals surface area contributed by atoms with Crippen molar-refractivity contribution in [3.8, 4) is 0 Å². The maximum Gasteiger partial charge on any atom is 0.254 e. The smallest absolute Gasteiger partial charge is 0.254 e. The predicted molar refractivity (Wildman–Crippen MR) is 95.2 cm³/mol. The van der Waals surface area contributed by atoms with E-state index in [1.54, 1.807) is 11.0 Å². The van der Waals surface area contributed by atoms with E-state index in [-0.39, 0.29) is 23.8 Å². The fourth-order valence-corrected chi connectivity index (χ4v) is 3.45. The summed E-state index contributed by atoms with van der Waals surface area (Å²) in [5.74, 6) is -0.868. The minimum Gasteiger partial charge on any atom is -0.356 e. The van der Waals surface area contributed by atoms with Gasteiger partial charge in [-0.1, -0.05) is 29.3 Å². The van der Waals surface area contributed by atoms with Crippen LogP contribution in [0.15, 0.2) is 22.7 Å².